The minimum absolute atomic E-state index is 0.0796. The van der Waals surface area contributed by atoms with Crippen molar-refractivity contribution >= 4 is 11.8 Å². The van der Waals surface area contributed by atoms with Crippen LogP contribution in [-0.4, -0.2) is 32.9 Å². The standard InChI is InChI=1S/C15H10F3N3O4/c16-15(17,18)14(24)25-11-6-10(23)20-13(21-11)8-5-4-7-2-1-3-9(22)12(7)19-8/h4-6H,1-3H2,(H,20,21,23). The third kappa shape index (κ3) is 3.57. The number of halogens is 3. The molecule has 0 saturated carbocycles. The van der Waals surface area contributed by atoms with Gasteiger partial charge in [-0.2, -0.15) is 18.2 Å². The number of carbonyl (C=O) groups is 2. The van der Waals surface area contributed by atoms with Crippen LogP contribution in [0.15, 0.2) is 23.0 Å². The maximum atomic E-state index is 12.3. The number of esters is 1. The van der Waals surface area contributed by atoms with Gasteiger partial charge >= 0.3 is 12.1 Å². The number of carbonyl (C=O) groups excluding carboxylic acids is 2. The zero-order valence-electron chi connectivity index (χ0n) is 12.5. The van der Waals surface area contributed by atoms with Crippen molar-refractivity contribution in [1.82, 2.24) is 15.0 Å². The van der Waals surface area contributed by atoms with Crippen molar-refractivity contribution in [3.63, 3.8) is 0 Å². The lowest BCUT2D eigenvalue weighted by Crippen LogP contribution is -2.29. The van der Waals surface area contributed by atoms with Gasteiger partial charge in [-0.3, -0.25) is 9.59 Å². The number of aromatic amines is 1. The molecule has 0 radical (unpaired) electrons. The number of aromatic nitrogens is 3. The Labute approximate surface area is 137 Å². The molecule has 0 bridgehead atoms. The minimum Gasteiger partial charge on any atom is -0.401 e. The van der Waals surface area contributed by atoms with E-state index in [4.69, 9.17) is 0 Å². The van der Waals surface area contributed by atoms with Gasteiger partial charge in [0.1, 0.15) is 11.4 Å². The predicted octanol–water partition coefficient (Wildman–Crippen LogP) is 1.82. The number of fused-ring (bicyclic) bond motifs is 1. The summed E-state index contributed by atoms with van der Waals surface area (Å²) < 4.78 is 40.8. The van der Waals surface area contributed by atoms with Crippen LogP contribution >= 0.6 is 0 Å². The lowest BCUT2D eigenvalue weighted by molar-refractivity contribution is -0.190. The first-order valence-corrected chi connectivity index (χ1v) is 7.18. The van der Waals surface area contributed by atoms with Crippen molar-refractivity contribution < 1.29 is 27.5 Å². The van der Waals surface area contributed by atoms with Crippen LogP contribution in [-0.2, 0) is 11.2 Å². The van der Waals surface area contributed by atoms with Crippen molar-refractivity contribution in [2.75, 3.05) is 0 Å². The van der Waals surface area contributed by atoms with Crippen LogP contribution in [0.5, 0.6) is 5.88 Å². The van der Waals surface area contributed by atoms with Crippen molar-refractivity contribution in [2.24, 2.45) is 0 Å². The lowest BCUT2D eigenvalue weighted by Gasteiger charge is -2.14. The normalized spacial score (nSPS) is 14.1. The molecule has 0 spiro atoms. The molecule has 25 heavy (non-hydrogen) atoms. The summed E-state index contributed by atoms with van der Waals surface area (Å²) >= 11 is 0. The number of ketones is 1. The highest BCUT2D eigenvalue weighted by Crippen LogP contribution is 2.23. The van der Waals surface area contributed by atoms with E-state index in [2.05, 4.69) is 19.7 Å². The second kappa shape index (κ2) is 6.11. The van der Waals surface area contributed by atoms with E-state index in [0.717, 1.165) is 5.56 Å². The number of pyridine rings is 1. The quantitative estimate of drug-likeness (QED) is 0.827. The molecule has 0 aliphatic heterocycles. The van der Waals surface area contributed by atoms with Crippen molar-refractivity contribution in [1.29, 1.82) is 0 Å². The largest absolute Gasteiger partial charge is 0.491 e. The Kier molecular flexibility index (Phi) is 4.11. The topological polar surface area (TPSA) is 102 Å². The first-order chi connectivity index (χ1) is 11.7. The average molecular weight is 353 g/mol. The Balaban J connectivity index is 1.98. The molecule has 0 unspecified atom stereocenters. The van der Waals surface area contributed by atoms with Gasteiger partial charge in [-0.25, -0.2) is 9.78 Å². The molecule has 1 N–H and O–H groups in total. The summed E-state index contributed by atoms with van der Waals surface area (Å²) in [4.78, 5) is 44.5. The third-order valence-corrected chi connectivity index (χ3v) is 3.48. The van der Waals surface area contributed by atoms with Crippen LogP contribution in [0.1, 0.15) is 28.9 Å². The molecule has 2 aromatic heterocycles. The molecular formula is C15H10F3N3O4. The van der Waals surface area contributed by atoms with Crippen LogP contribution in [0.2, 0.25) is 0 Å². The average Bonchev–Trinajstić information content (AvgIpc) is 2.53. The van der Waals surface area contributed by atoms with E-state index in [1.54, 1.807) is 6.07 Å². The molecule has 10 heteroatoms. The Bertz CT molecular complexity index is 921. The zero-order valence-corrected chi connectivity index (χ0v) is 12.5. The van der Waals surface area contributed by atoms with E-state index in [1.807, 2.05) is 0 Å². The molecule has 0 saturated heterocycles. The summed E-state index contributed by atoms with van der Waals surface area (Å²) in [5, 5.41) is 0. The predicted molar refractivity (Wildman–Crippen MR) is 77.0 cm³/mol. The number of hydrogen-bond acceptors (Lipinski definition) is 6. The molecule has 1 aliphatic carbocycles. The molecule has 2 aromatic rings. The Morgan fingerprint density at radius 3 is 2.64 bits per heavy atom. The van der Waals surface area contributed by atoms with Gasteiger partial charge in [-0.1, -0.05) is 6.07 Å². The molecular weight excluding hydrogens is 343 g/mol. The van der Waals surface area contributed by atoms with Gasteiger partial charge in [-0.15, -0.1) is 0 Å². The lowest BCUT2D eigenvalue weighted by atomic mass is 9.95. The fourth-order valence-electron chi connectivity index (χ4n) is 2.38. The van der Waals surface area contributed by atoms with Gasteiger partial charge in [0.25, 0.3) is 5.56 Å². The number of ether oxygens (including phenoxy) is 1. The van der Waals surface area contributed by atoms with E-state index in [-0.39, 0.29) is 23.0 Å². The maximum absolute atomic E-state index is 12.3. The van der Waals surface area contributed by atoms with Gasteiger partial charge in [-0.05, 0) is 24.5 Å². The van der Waals surface area contributed by atoms with Gasteiger partial charge in [0, 0.05) is 6.42 Å². The molecule has 2 heterocycles. The summed E-state index contributed by atoms with van der Waals surface area (Å²) in [7, 11) is 0. The van der Waals surface area contributed by atoms with Crippen LogP contribution < -0.4 is 10.3 Å². The maximum Gasteiger partial charge on any atom is 0.491 e. The summed E-state index contributed by atoms with van der Waals surface area (Å²) in [6.45, 7) is 0. The minimum atomic E-state index is -5.22. The van der Waals surface area contributed by atoms with E-state index in [1.165, 1.54) is 6.07 Å². The first kappa shape index (κ1) is 16.8. The number of aryl methyl sites for hydroxylation is 1. The van der Waals surface area contributed by atoms with E-state index < -0.39 is 23.6 Å². The van der Waals surface area contributed by atoms with Crippen molar-refractivity contribution in [3.05, 3.63) is 39.8 Å². The number of H-pyrrole nitrogens is 1. The molecule has 130 valence electrons. The molecule has 0 fully saturated rings. The zero-order chi connectivity index (χ0) is 18.2. The third-order valence-electron chi connectivity index (χ3n) is 3.48. The Hall–Kier alpha value is -3.04. The van der Waals surface area contributed by atoms with Crippen LogP contribution in [0.25, 0.3) is 11.5 Å². The van der Waals surface area contributed by atoms with Crippen LogP contribution in [0.4, 0.5) is 13.2 Å². The second-order valence-electron chi connectivity index (χ2n) is 5.30. The van der Waals surface area contributed by atoms with Gasteiger partial charge in [0.2, 0.25) is 5.88 Å². The molecule has 0 atom stereocenters. The van der Waals surface area contributed by atoms with Crippen LogP contribution in [0.3, 0.4) is 0 Å². The Morgan fingerprint density at radius 2 is 1.92 bits per heavy atom. The molecule has 0 amide bonds. The monoisotopic (exact) mass is 353 g/mol. The molecule has 3 rings (SSSR count). The number of nitrogens with one attached hydrogen (secondary N) is 1. The van der Waals surface area contributed by atoms with Gasteiger partial charge < -0.3 is 9.72 Å². The number of rotatable bonds is 2. The highest BCUT2D eigenvalue weighted by atomic mass is 19.4. The first-order valence-electron chi connectivity index (χ1n) is 7.18. The van der Waals surface area contributed by atoms with Crippen LogP contribution in [0, 0.1) is 0 Å². The Morgan fingerprint density at radius 1 is 1.16 bits per heavy atom. The highest BCUT2D eigenvalue weighted by Gasteiger charge is 2.41. The smallest absolute Gasteiger partial charge is 0.401 e. The number of alkyl halides is 3. The fraction of sp³-hybridized carbons (Fsp3) is 0.267. The number of nitrogens with zero attached hydrogens (tertiary/aromatic N) is 2. The molecule has 1 aliphatic rings. The van der Waals surface area contributed by atoms with Gasteiger partial charge in [0.05, 0.1) is 6.07 Å². The number of Topliss-reactive ketones (excluding diaryl/α,β-unsaturated/α-hetero) is 1. The molecule has 0 aromatic carbocycles. The summed E-state index contributed by atoms with van der Waals surface area (Å²) in [6, 6.07) is 3.73. The van der Waals surface area contributed by atoms with E-state index in [9.17, 15) is 27.6 Å². The fourth-order valence-corrected chi connectivity index (χ4v) is 2.38. The second-order valence-corrected chi connectivity index (χ2v) is 5.30. The SMILES string of the molecule is O=C1CCCc2ccc(-c3nc(OC(=O)C(F)(F)F)cc(=O)[nH]3)nc21. The highest BCUT2D eigenvalue weighted by molar-refractivity contribution is 5.97. The summed E-state index contributed by atoms with van der Waals surface area (Å²) in [5.74, 6) is -3.68. The van der Waals surface area contributed by atoms with E-state index >= 15 is 0 Å². The van der Waals surface area contributed by atoms with Gasteiger partial charge in [0.15, 0.2) is 11.6 Å². The van der Waals surface area contributed by atoms with E-state index in [0.29, 0.717) is 25.3 Å². The summed E-state index contributed by atoms with van der Waals surface area (Å²) in [5.41, 5.74) is 0.239. The van der Waals surface area contributed by atoms with Crippen molar-refractivity contribution in [3.8, 4) is 17.4 Å². The van der Waals surface area contributed by atoms with Crippen molar-refractivity contribution in [2.45, 2.75) is 25.4 Å². The molecule has 7 nitrogen and oxygen atoms in total. The summed E-state index contributed by atoms with van der Waals surface area (Å²) in [6.07, 6.45) is -3.48. The number of hydrogen-bond donors (Lipinski definition) is 1.